The second-order valence-corrected chi connectivity index (χ2v) is 8.35. The number of ether oxygens (including phenoxy) is 2. The highest BCUT2D eigenvalue weighted by molar-refractivity contribution is 5.82. The minimum Gasteiger partial charge on any atom is -0.467 e. The lowest BCUT2D eigenvalue weighted by Gasteiger charge is -2.36. The molecule has 1 N–H and O–H groups in total. The van der Waals surface area contributed by atoms with Gasteiger partial charge in [0, 0.05) is 44.3 Å². The summed E-state index contributed by atoms with van der Waals surface area (Å²) < 4.78 is 12.8. The van der Waals surface area contributed by atoms with Gasteiger partial charge in [-0.1, -0.05) is 6.07 Å². The van der Waals surface area contributed by atoms with Crippen LogP contribution in [-0.2, 0) is 11.8 Å². The molecule has 174 valence electrons. The van der Waals surface area contributed by atoms with E-state index in [1.54, 1.807) is 11.8 Å². The Hall–Kier alpha value is -4.05. The summed E-state index contributed by atoms with van der Waals surface area (Å²) >= 11 is 0. The molecule has 1 aliphatic heterocycles. The van der Waals surface area contributed by atoms with Crippen molar-refractivity contribution < 1.29 is 19.4 Å². The van der Waals surface area contributed by atoms with Crippen molar-refractivity contribution in [3.8, 4) is 28.3 Å². The molecule has 0 spiro atoms. The number of likely N-dealkylation sites (tertiary alicyclic amines) is 1. The molecule has 0 saturated carbocycles. The van der Waals surface area contributed by atoms with E-state index in [4.69, 9.17) is 19.6 Å². The van der Waals surface area contributed by atoms with Crippen LogP contribution < -0.4 is 4.74 Å². The van der Waals surface area contributed by atoms with Gasteiger partial charge < -0.3 is 19.5 Å². The van der Waals surface area contributed by atoms with Crippen LogP contribution in [0, 0.1) is 6.92 Å². The maximum atomic E-state index is 11.0. The monoisotopic (exact) mass is 460 g/mol. The number of hydrogen-bond donors (Lipinski definition) is 1. The van der Waals surface area contributed by atoms with Gasteiger partial charge in [0.15, 0.2) is 6.79 Å². The number of nitrogens with zero attached hydrogens (tertiary/aromatic N) is 6. The molecular formula is C24H24N6O4. The number of rotatable bonds is 6. The molecule has 5 rings (SSSR count). The second kappa shape index (κ2) is 8.71. The molecule has 4 heterocycles. The van der Waals surface area contributed by atoms with Crippen LogP contribution >= 0.6 is 0 Å². The van der Waals surface area contributed by atoms with Gasteiger partial charge in [-0.05, 0) is 42.8 Å². The third-order valence-corrected chi connectivity index (χ3v) is 5.92. The van der Waals surface area contributed by atoms with Crippen LogP contribution in [0.3, 0.4) is 0 Å². The van der Waals surface area contributed by atoms with Crippen molar-refractivity contribution in [3.63, 3.8) is 0 Å². The van der Waals surface area contributed by atoms with Gasteiger partial charge in [0.05, 0.1) is 23.3 Å². The van der Waals surface area contributed by atoms with Gasteiger partial charge in [-0.25, -0.2) is 9.78 Å². The van der Waals surface area contributed by atoms with Crippen molar-refractivity contribution in [2.24, 2.45) is 7.05 Å². The Morgan fingerprint density at radius 1 is 1.15 bits per heavy atom. The number of carboxylic acid groups (broad SMARTS) is 1. The van der Waals surface area contributed by atoms with Gasteiger partial charge in [-0.2, -0.15) is 15.3 Å². The summed E-state index contributed by atoms with van der Waals surface area (Å²) in [5.74, 6) is 0.675. The summed E-state index contributed by atoms with van der Waals surface area (Å²) in [6.45, 7) is 2.98. The number of carbonyl (C=O) groups is 1. The Bertz CT molecular complexity index is 1360. The molecular weight excluding hydrogens is 436 g/mol. The number of benzene rings is 1. The van der Waals surface area contributed by atoms with E-state index >= 15 is 0 Å². The predicted octanol–water partition coefficient (Wildman–Crippen LogP) is 3.46. The zero-order chi connectivity index (χ0) is 23.8. The van der Waals surface area contributed by atoms with Crippen molar-refractivity contribution in [2.45, 2.75) is 12.8 Å². The first-order valence-electron chi connectivity index (χ1n) is 10.8. The molecule has 1 amide bonds. The van der Waals surface area contributed by atoms with E-state index in [1.807, 2.05) is 56.6 Å². The fraction of sp³-hybridized carbons (Fsp3) is 0.292. The van der Waals surface area contributed by atoms with Crippen molar-refractivity contribution >= 4 is 17.1 Å². The maximum Gasteiger partial charge on any atom is 0.407 e. The van der Waals surface area contributed by atoms with Crippen LogP contribution in [0.2, 0.25) is 0 Å². The largest absolute Gasteiger partial charge is 0.467 e. The first kappa shape index (κ1) is 21.8. The molecule has 10 heteroatoms. The predicted molar refractivity (Wildman–Crippen MR) is 125 cm³/mol. The highest BCUT2D eigenvalue weighted by Gasteiger charge is 2.32. The average Bonchev–Trinajstić information content (AvgIpc) is 3.17. The van der Waals surface area contributed by atoms with E-state index in [0.717, 1.165) is 39.1 Å². The van der Waals surface area contributed by atoms with E-state index in [2.05, 4.69) is 15.3 Å². The van der Waals surface area contributed by atoms with Crippen LogP contribution in [0.15, 0.2) is 42.6 Å². The average molecular weight is 460 g/mol. The Labute approximate surface area is 195 Å². The van der Waals surface area contributed by atoms with E-state index in [9.17, 15) is 4.79 Å². The summed E-state index contributed by atoms with van der Waals surface area (Å²) in [4.78, 5) is 17.1. The molecule has 0 atom stereocenters. The SMILES string of the molecule is COCOc1cc(-c2cc(C)c3nn(C)cc3n2)ccc1-c1ccc(C2CN(C(=O)O)C2)nn1. The molecule has 1 saturated heterocycles. The number of hydrogen-bond acceptors (Lipinski definition) is 7. The molecule has 1 fully saturated rings. The maximum absolute atomic E-state index is 11.0. The first-order chi connectivity index (χ1) is 16.4. The summed E-state index contributed by atoms with van der Waals surface area (Å²) in [7, 11) is 3.45. The van der Waals surface area contributed by atoms with Gasteiger partial charge >= 0.3 is 6.09 Å². The minimum absolute atomic E-state index is 0.0703. The lowest BCUT2D eigenvalue weighted by atomic mass is 9.96. The van der Waals surface area contributed by atoms with Crippen LogP contribution in [0.5, 0.6) is 5.75 Å². The van der Waals surface area contributed by atoms with Crippen molar-refractivity contribution in [2.75, 3.05) is 27.0 Å². The Balaban J connectivity index is 1.46. The lowest BCUT2D eigenvalue weighted by molar-refractivity contribution is 0.0515. The Morgan fingerprint density at radius 3 is 2.68 bits per heavy atom. The molecule has 1 aromatic carbocycles. The first-order valence-corrected chi connectivity index (χ1v) is 10.8. The number of amides is 1. The normalized spacial score (nSPS) is 13.8. The van der Waals surface area contributed by atoms with Crippen LogP contribution in [0.1, 0.15) is 17.2 Å². The second-order valence-electron chi connectivity index (χ2n) is 8.35. The summed E-state index contributed by atoms with van der Waals surface area (Å²) in [6, 6.07) is 11.6. The Kier molecular flexibility index (Phi) is 5.58. The molecule has 0 bridgehead atoms. The molecule has 0 unspecified atom stereocenters. The van der Waals surface area contributed by atoms with Crippen molar-refractivity contribution in [3.05, 3.63) is 53.9 Å². The smallest absolute Gasteiger partial charge is 0.407 e. The van der Waals surface area contributed by atoms with Gasteiger partial charge in [0.1, 0.15) is 16.8 Å². The van der Waals surface area contributed by atoms with E-state index in [0.29, 0.717) is 24.5 Å². The number of pyridine rings is 1. The zero-order valence-electron chi connectivity index (χ0n) is 19.1. The van der Waals surface area contributed by atoms with E-state index < -0.39 is 6.09 Å². The molecule has 34 heavy (non-hydrogen) atoms. The van der Waals surface area contributed by atoms with Gasteiger partial charge in [-0.15, -0.1) is 0 Å². The highest BCUT2D eigenvalue weighted by atomic mass is 16.7. The molecule has 3 aromatic heterocycles. The fourth-order valence-corrected chi connectivity index (χ4v) is 4.08. The van der Waals surface area contributed by atoms with Gasteiger partial charge in [0.2, 0.25) is 0 Å². The zero-order valence-corrected chi connectivity index (χ0v) is 19.1. The number of aryl methyl sites for hydroxylation is 2. The lowest BCUT2D eigenvalue weighted by Crippen LogP contribution is -2.48. The fourth-order valence-electron chi connectivity index (χ4n) is 4.08. The Morgan fingerprint density at radius 2 is 1.97 bits per heavy atom. The summed E-state index contributed by atoms with van der Waals surface area (Å²) in [5, 5.41) is 22.2. The number of aromatic nitrogens is 5. The van der Waals surface area contributed by atoms with Crippen LogP contribution in [-0.4, -0.2) is 68.1 Å². The molecule has 4 aromatic rings. The standard InChI is InChI=1S/C24H24N6O4/c1-14-8-20(25-21-12-29(2)28-23(14)21)15-4-5-17(22(9-15)34-13-33-3)19-7-6-18(26-27-19)16-10-30(11-16)24(31)32/h4-9,12,16H,10-11,13H2,1-3H3,(H,31,32). The minimum atomic E-state index is -0.909. The van der Waals surface area contributed by atoms with E-state index in [1.165, 1.54) is 4.90 Å². The van der Waals surface area contributed by atoms with E-state index in [-0.39, 0.29) is 12.7 Å². The topological polar surface area (TPSA) is 115 Å². The van der Waals surface area contributed by atoms with Gasteiger partial charge in [-0.3, -0.25) is 4.68 Å². The van der Waals surface area contributed by atoms with Crippen molar-refractivity contribution in [1.29, 1.82) is 0 Å². The number of fused-ring (bicyclic) bond motifs is 1. The molecule has 0 aliphatic carbocycles. The highest BCUT2D eigenvalue weighted by Crippen LogP contribution is 2.34. The van der Waals surface area contributed by atoms with Gasteiger partial charge in [0.25, 0.3) is 0 Å². The summed E-state index contributed by atoms with van der Waals surface area (Å²) in [5.41, 5.74) is 6.69. The quantitative estimate of drug-likeness (QED) is 0.435. The van der Waals surface area contributed by atoms with Crippen molar-refractivity contribution in [1.82, 2.24) is 29.9 Å². The van der Waals surface area contributed by atoms with Crippen LogP contribution in [0.25, 0.3) is 33.5 Å². The third-order valence-electron chi connectivity index (χ3n) is 5.92. The number of methoxy groups -OCH3 is 1. The van der Waals surface area contributed by atoms with Crippen LogP contribution in [0.4, 0.5) is 4.79 Å². The molecule has 0 radical (unpaired) electrons. The molecule has 1 aliphatic rings. The molecule has 10 nitrogen and oxygen atoms in total. The third kappa shape index (κ3) is 4.03. The summed E-state index contributed by atoms with van der Waals surface area (Å²) in [6.07, 6.45) is 0.991.